The number of halogens is 3. The lowest BCUT2D eigenvalue weighted by Gasteiger charge is -2.11. The Morgan fingerprint density at radius 2 is 2.05 bits per heavy atom. The molecule has 20 heavy (non-hydrogen) atoms. The zero-order valence-electron chi connectivity index (χ0n) is 10.1. The van der Waals surface area contributed by atoms with Gasteiger partial charge in [0.15, 0.2) is 0 Å². The van der Waals surface area contributed by atoms with Gasteiger partial charge >= 0.3 is 6.18 Å². The number of nitrogens with zero attached hydrogens (tertiary/aromatic N) is 3. The van der Waals surface area contributed by atoms with Gasteiger partial charge in [-0.05, 0) is 24.3 Å². The predicted octanol–water partition coefficient (Wildman–Crippen LogP) is 2.98. The molecule has 0 radical (unpaired) electrons. The minimum atomic E-state index is -4.46. The Morgan fingerprint density at radius 1 is 1.25 bits per heavy atom. The highest BCUT2D eigenvalue weighted by Crippen LogP contribution is 2.31. The third-order valence-corrected chi connectivity index (χ3v) is 2.57. The molecule has 0 spiro atoms. The first-order chi connectivity index (χ1) is 9.50. The Kier molecular flexibility index (Phi) is 3.84. The van der Waals surface area contributed by atoms with E-state index in [0.29, 0.717) is 17.9 Å². The van der Waals surface area contributed by atoms with Gasteiger partial charge in [0.05, 0.1) is 29.1 Å². The average molecular weight is 278 g/mol. The molecule has 0 atom stereocenters. The molecule has 102 valence electrons. The van der Waals surface area contributed by atoms with Gasteiger partial charge in [-0.3, -0.25) is 0 Å². The summed E-state index contributed by atoms with van der Waals surface area (Å²) in [6, 6.07) is 6.41. The molecule has 2 aromatic rings. The van der Waals surface area contributed by atoms with Crippen LogP contribution in [0.1, 0.15) is 16.8 Å². The molecule has 0 bridgehead atoms. The first-order valence-electron chi connectivity index (χ1n) is 5.61. The predicted molar refractivity (Wildman–Crippen MR) is 65.5 cm³/mol. The highest BCUT2D eigenvalue weighted by Gasteiger charge is 2.31. The molecule has 0 saturated heterocycles. The Balaban J connectivity index is 2.19. The Morgan fingerprint density at radius 3 is 2.65 bits per heavy atom. The Bertz CT molecular complexity index is 632. The van der Waals surface area contributed by atoms with Crippen LogP contribution in [0.3, 0.4) is 0 Å². The smallest absolute Gasteiger partial charge is 0.378 e. The van der Waals surface area contributed by atoms with Crippen LogP contribution in [0.5, 0.6) is 0 Å². The summed E-state index contributed by atoms with van der Waals surface area (Å²) < 4.78 is 37.6. The van der Waals surface area contributed by atoms with E-state index in [4.69, 9.17) is 5.26 Å². The van der Waals surface area contributed by atoms with Gasteiger partial charge in [-0.25, -0.2) is 9.97 Å². The van der Waals surface area contributed by atoms with Crippen molar-refractivity contribution in [2.45, 2.75) is 12.7 Å². The van der Waals surface area contributed by atoms with Gasteiger partial charge in [0.2, 0.25) is 0 Å². The van der Waals surface area contributed by atoms with Crippen LogP contribution in [0, 0.1) is 11.3 Å². The van der Waals surface area contributed by atoms with Crippen LogP contribution in [-0.2, 0) is 12.7 Å². The van der Waals surface area contributed by atoms with Gasteiger partial charge in [-0.2, -0.15) is 18.4 Å². The third-order valence-electron chi connectivity index (χ3n) is 2.57. The van der Waals surface area contributed by atoms with E-state index in [0.717, 1.165) is 12.1 Å². The zero-order chi connectivity index (χ0) is 14.6. The van der Waals surface area contributed by atoms with Crippen LogP contribution in [0.25, 0.3) is 0 Å². The maximum atomic E-state index is 12.5. The van der Waals surface area contributed by atoms with Gasteiger partial charge in [0, 0.05) is 6.20 Å². The van der Waals surface area contributed by atoms with Crippen molar-refractivity contribution >= 4 is 5.69 Å². The Hall–Kier alpha value is -2.62. The van der Waals surface area contributed by atoms with Crippen LogP contribution in [-0.4, -0.2) is 9.97 Å². The lowest BCUT2D eigenvalue weighted by Crippen LogP contribution is -2.07. The lowest BCUT2D eigenvalue weighted by molar-refractivity contribution is -0.137. The third kappa shape index (κ3) is 3.23. The van der Waals surface area contributed by atoms with Gasteiger partial charge < -0.3 is 5.32 Å². The van der Waals surface area contributed by atoms with Crippen molar-refractivity contribution in [3.05, 3.63) is 53.6 Å². The van der Waals surface area contributed by atoms with Crippen molar-refractivity contribution < 1.29 is 13.2 Å². The second kappa shape index (κ2) is 5.57. The number of hydrogen-bond acceptors (Lipinski definition) is 4. The van der Waals surface area contributed by atoms with Crippen molar-refractivity contribution in [3.63, 3.8) is 0 Å². The molecule has 1 N–H and O–H groups in total. The number of aromatic nitrogens is 2. The summed E-state index contributed by atoms with van der Waals surface area (Å²) in [5, 5.41) is 11.8. The van der Waals surface area contributed by atoms with E-state index in [1.165, 1.54) is 12.4 Å². The topological polar surface area (TPSA) is 61.6 Å². The van der Waals surface area contributed by atoms with Gasteiger partial charge in [0.25, 0.3) is 0 Å². The summed E-state index contributed by atoms with van der Waals surface area (Å²) >= 11 is 0. The molecule has 0 aliphatic heterocycles. The van der Waals surface area contributed by atoms with Crippen LogP contribution < -0.4 is 5.32 Å². The van der Waals surface area contributed by atoms with Crippen LogP contribution >= 0.6 is 0 Å². The molecule has 0 aliphatic carbocycles. The van der Waals surface area contributed by atoms with Gasteiger partial charge in [-0.15, -0.1) is 0 Å². The molecule has 1 aromatic heterocycles. The maximum Gasteiger partial charge on any atom is 0.416 e. The summed E-state index contributed by atoms with van der Waals surface area (Å²) in [5.41, 5.74) is 0.0958. The summed E-state index contributed by atoms with van der Waals surface area (Å²) in [7, 11) is 0. The van der Waals surface area contributed by atoms with Crippen molar-refractivity contribution in [3.8, 4) is 6.07 Å². The van der Waals surface area contributed by atoms with E-state index < -0.39 is 11.7 Å². The van der Waals surface area contributed by atoms with Crippen LogP contribution in [0.2, 0.25) is 0 Å². The van der Waals surface area contributed by atoms with Crippen molar-refractivity contribution in [2.75, 3.05) is 5.32 Å². The largest absolute Gasteiger partial charge is 0.416 e. The first-order valence-corrected chi connectivity index (χ1v) is 5.61. The van der Waals surface area contributed by atoms with Crippen molar-refractivity contribution in [1.82, 2.24) is 9.97 Å². The van der Waals surface area contributed by atoms with Crippen LogP contribution in [0.4, 0.5) is 18.9 Å². The maximum absolute atomic E-state index is 12.5. The second-order valence-corrected chi connectivity index (χ2v) is 3.92. The van der Waals surface area contributed by atoms with E-state index >= 15 is 0 Å². The van der Waals surface area contributed by atoms with Crippen molar-refractivity contribution in [1.29, 1.82) is 5.26 Å². The molecular formula is C13H9F3N4. The monoisotopic (exact) mass is 278 g/mol. The fraction of sp³-hybridized carbons (Fsp3) is 0.154. The number of rotatable bonds is 3. The second-order valence-electron chi connectivity index (χ2n) is 3.92. The molecule has 0 saturated carbocycles. The lowest BCUT2D eigenvalue weighted by atomic mass is 10.1. The van der Waals surface area contributed by atoms with E-state index in [2.05, 4.69) is 15.3 Å². The van der Waals surface area contributed by atoms with E-state index in [9.17, 15) is 13.2 Å². The summed E-state index contributed by atoms with van der Waals surface area (Å²) in [6.45, 7) is 0.294. The number of nitrogens with one attached hydrogen (secondary N) is 1. The normalized spacial score (nSPS) is 10.9. The first kappa shape index (κ1) is 13.8. The Labute approximate surface area is 112 Å². The molecule has 1 heterocycles. The molecule has 0 aliphatic rings. The average Bonchev–Trinajstić information content (AvgIpc) is 2.45. The van der Waals surface area contributed by atoms with Crippen molar-refractivity contribution in [2.24, 2.45) is 0 Å². The summed E-state index contributed by atoms with van der Waals surface area (Å²) in [5.74, 6) is 0. The highest BCUT2D eigenvalue weighted by molar-refractivity contribution is 5.59. The molecule has 1 aromatic carbocycles. The fourth-order valence-electron chi connectivity index (χ4n) is 1.58. The number of nitriles is 1. The number of benzene rings is 1. The molecule has 7 heteroatoms. The number of anilines is 1. The fourth-order valence-corrected chi connectivity index (χ4v) is 1.58. The summed E-state index contributed by atoms with van der Waals surface area (Å²) in [6.07, 6.45) is -1.53. The number of hydrogen-bond donors (Lipinski definition) is 1. The summed E-state index contributed by atoms with van der Waals surface area (Å²) in [4.78, 5) is 7.73. The standard InChI is InChI=1S/C13H9F3N4/c14-13(15,16)10-1-2-12(9(5-10)6-17)19-7-11-3-4-18-8-20-11/h1-5,8,19H,7H2. The minimum Gasteiger partial charge on any atom is -0.378 e. The minimum absolute atomic E-state index is 0.0612. The van der Waals surface area contributed by atoms with Gasteiger partial charge in [0.1, 0.15) is 12.4 Å². The SMILES string of the molecule is N#Cc1cc(C(F)(F)F)ccc1NCc1ccncn1. The van der Waals surface area contributed by atoms with E-state index in [-0.39, 0.29) is 5.56 Å². The van der Waals surface area contributed by atoms with E-state index in [1.54, 1.807) is 18.3 Å². The molecular weight excluding hydrogens is 269 g/mol. The molecule has 0 fully saturated rings. The van der Waals surface area contributed by atoms with Gasteiger partial charge in [-0.1, -0.05) is 0 Å². The molecule has 0 amide bonds. The molecule has 0 unspecified atom stereocenters. The highest BCUT2D eigenvalue weighted by atomic mass is 19.4. The van der Waals surface area contributed by atoms with Crippen LogP contribution in [0.15, 0.2) is 36.8 Å². The van der Waals surface area contributed by atoms with E-state index in [1.807, 2.05) is 0 Å². The number of alkyl halides is 3. The molecule has 2 rings (SSSR count). The molecule has 4 nitrogen and oxygen atoms in total. The quantitative estimate of drug-likeness (QED) is 0.937. The zero-order valence-corrected chi connectivity index (χ0v) is 10.1.